The predicted molar refractivity (Wildman–Crippen MR) is 56.3 cm³/mol. The lowest BCUT2D eigenvalue weighted by molar-refractivity contribution is -0.130. The standard InChI is InChI=1S/C12H7NO2/c14-12(15)5-4-9-2-1-3-10-6-7-13-8-11(9)10/h1-3,6-8H,(H,14,15). The fourth-order valence-corrected chi connectivity index (χ4v) is 1.34. The molecule has 0 atom stereocenters. The maximum absolute atomic E-state index is 10.3. The van der Waals surface area contributed by atoms with Crippen LogP contribution in [0.25, 0.3) is 10.8 Å². The fraction of sp³-hybridized carbons (Fsp3) is 0. The van der Waals surface area contributed by atoms with Crippen LogP contribution in [0.2, 0.25) is 0 Å². The van der Waals surface area contributed by atoms with Crippen LogP contribution in [0.15, 0.2) is 36.7 Å². The van der Waals surface area contributed by atoms with E-state index in [1.54, 1.807) is 18.5 Å². The summed E-state index contributed by atoms with van der Waals surface area (Å²) in [6, 6.07) is 7.42. The molecule has 0 spiro atoms. The molecular formula is C12H7NO2. The van der Waals surface area contributed by atoms with Crippen LogP contribution in [0, 0.1) is 11.8 Å². The average molecular weight is 197 g/mol. The molecule has 3 nitrogen and oxygen atoms in total. The van der Waals surface area contributed by atoms with E-state index in [0.29, 0.717) is 5.56 Å². The van der Waals surface area contributed by atoms with Crippen molar-refractivity contribution in [3.05, 3.63) is 42.2 Å². The first kappa shape index (κ1) is 9.22. The van der Waals surface area contributed by atoms with Crippen molar-refractivity contribution in [2.24, 2.45) is 0 Å². The smallest absolute Gasteiger partial charge is 0.382 e. The molecule has 15 heavy (non-hydrogen) atoms. The third-order valence-corrected chi connectivity index (χ3v) is 1.99. The fourth-order valence-electron chi connectivity index (χ4n) is 1.34. The Balaban J connectivity index is 2.63. The number of nitrogens with zero attached hydrogens (tertiary/aromatic N) is 1. The predicted octanol–water partition coefficient (Wildman–Crippen LogP) is 1.67. The van der Waals surface area contributed by atoms with Crippen LogP contribution in [-0.2, 0) is 4.79 Å². The number of hydrogen-bond acceptors (Lipinski definition) is 2. The number of hydrogen-bond donors (Lipinski definition) is 1. The van der Waals surface area contributed by atoms with E-state index in [-0.39, 0.29) is 0 Å². The van der Waals surface area contributed by atoms with Gasteiger partial charge in [-0.15, -0.1) is 0 Å². The summed E-state index contributed by atoms with van der Waals surface area (Å²) >= 11 is 0. The molecule has 0 fully saturated rings. The number of aliphatic carboxylic acids is 1. The SMILES string of the molecule is O=C(O)C#Cc1cccc2ccncc12. The van der Waals surface area contributed by atoms with E-state index in [4.69, 9.17) is 5.11 Å². The number of aromatic nitrogens is 1. The van der Waals surface area contributed by atoms with E-state index in [1.807, 2.05) is 18.2 Å². The molecule has 0 unspecified atom stereocenters. The molecule has 2 rings (SSSR count). The van der Waals surface area contributed by atoms with Crippen molar-refractivity contribution < 1.29 is 9.90 Å². The summed E-state index contributed by atoms with van der Waals surface area (Å²) < 4.78 is 0. The van der Waals surface area contributed by atoms with Gasteiger partial charge in [-0.25, -0.2) is 4.79 Å². The molecule has 1 N–H and O–H groups in total. The highest BCUT2D eigenvalue weighted by atomic mass is 16.4. The van der Waals surface area contributed by atoms with E-state index in [2.05, 4.69) is 16.8 Å². The van der Waals surface area contributed by atoms with Crippen LogP contribution >= 0.6 is 0 Å². The average Bonchev–Trinajstić information content (AvgIpc) is 2.26. The Morgan fingerprint density at radius 2 is 2.20 bits per heavy atom. The molecule has 1 aromatic carbocycles. The van der Waals surface area contributed by atoms with Gasteiger partial charge in [0.15, 0.2) is 0 Å². The molecule has 0 radical (unpaired) electrons. The van der Waals surface area contributed by atoms with E-state index in [9.17, 15) is 4.79 Å². The Bertz CT molecular complexity index is 573. The number of pyridine rings is 1. The lowest BCUT2D eigenvalue weighted by atomic mass is 10.1. The molecule has 72 valence electrons. The molecule has 1 heterocycles. The maximum Gasteiger partial charge on any atom is 0.382 e. The van der Waals surface area contributed by atoms with Gasteiger partial charge in [0.05, 0.1) is 0 Å². The molecule has 0 aliphatic carbocycles. The summed E-state index contributed by atoms with van der Waals surface area (Å²) in [6.07, 6.45) is 3.37. The van der Waals surface area contributed by atoms with Gasteiger partial charge < -0.3 is 5.11 Å². The number of rotatable bonds is 0. The zero-order valence-corrected chi connectivity index (χ0v) is 7.77. The zero-order valence-electron chi connectivity index (χ0n) is 7.77. The van der Waals surface area contributed by atoms with Gasteiger partial charge in [-0.2, -0.15) is 0 Å². The maximum atomic E-state index is 10.3. The van der Waals surface area contributed by atoms with Gasteiger partial charge in [0, 0.05) is 29.3 Å². The number of carboxylic acid groups (broad SMARTS) is 1. The van der Waals surface area contributed by atoms with Crippen LogP contribution in [-0.4, -0.2) is 16.1 Å². The molecule has 0 aliphatic rings. The molecule has 0 amide bonds. The lowest BCUT2D eigenvalue weighted by Gasteiger charge is -1.98. The molecule has 0 saturated heterocycles. The quantitative estimate of drug-likeness (QED) is 0.653. The number of benzene rings is 1. The second-order valence-corrected chi connectivity index (χ2v) is 2.96. The van der Waals surface area contributed by atoms with Crippen LogP contribution in [0.3, 0.4) is 0 Å². The second-order valence-electron chi connectivity index (χ2n) is 2.96. The monoisotopic (exact) mass is 197 g/mol. The van der Waals surface area contributed by atoms with Gasteiger partial charge in [0.25, 0.3) is 0 Å². The van der Waals surface area contributed by atoms with E-state index >= 15 is 0 Å². The van der Waals surface area contributed by atoms with E-state index in [0.717, 1.165) is 10.8 Å². The highest BCUT2D eigenvalue weighted by Crippen LogP contribution is 2.15. The first-order valence-electron chi connectivity index (χ1n) is 4.35. The minimum atomic E-state index is -1.13. The number of carboxylic acids is 1. The first-order chi connectivity index (χ1) is 7.27. The van der Waals surface area contributed by atoms with Crippen molar-refractivity contribution >= 4 is 16.7 Å². The van der Waals surface area contributed by atoms with Gasteiger partial charge in [-0.1, -0.05) is 18.1 Å². The van der Waals surface area contributed by atoms with Crippen molar-refractivity contribution in [1.29, 1.82) is 0 Å². The highest BCUT2D eigenvalue weighted by Gasteiger charge is 1.97. The van der Waals surface area contributed by atoms with E-state index in [1.165, 1.54) is 0 Å². The minimum Gasteiger partial charge on any atom is -0.472 e. The van der Waals surface area contributed by atoms with Crippen LogP contribution in [0.1, 0.15) is 5.56 Å². The van der Waals surface area contributed by atoms with Crippen LogP contribution in [0.5, 0.6) is 0 Å². The molecule has 1 aromatic heterocycles. The van der Waals surface area contributed by atoms with E-state index < -0.39 is 5.97 Å². The summed E-state index contributed by atoms with van der Waals surface area (Å²) in [5, 5.41) is 10.3. The van der Waals surface area contributed by atoms with Crippen LogP contribution in [0.4, 0.5) is 0 Å². The topological polar surface area (TPSA) is 50.2 Å². The Kier molecular flexibility index (Phi) is 2.34. The number of carbonyl (C=O) groups is 1. The van der Waals surface area contributed by atoms with Crippen molar-refractivity contribution in [2.45, 2.75) is 0 Å². The molecule has 2 aromatic rings. The highest BCUT2D eigenvalue weighted by molar-refractivity contribution is 5.91. The summed E-state index contributed by atoms with van der Waals surface area (Å²) in [5.41, 5.74) is 0.683. The van der Waals surface area contributed by atoms with Crippen LogP contribution < -0.4 is 0 Å². The zero-order chi connectivity index (χ0) is 10.7. The van der Waals surface area contributed by atoms with Gasteiger partial charge in [-0.05, 0) is 17.5 Å². The first-order valence-corrected chi connectivity index (χ1v) is 4.35. The third-order valence-electron chi connectivity index (χ3n) is 1.99. The largest absolute Gasteiger partial charge is 0.472 e. The summed E-state index contributed by atoms with van der Waals surface area (Å²) in [6.45, 7) is 0. The summed E-state index contributed by atoms with van der Waals surface area (Å²) in [4.78, 5) is 14.3. The lowest BCUT2D eigenvalue weighted by Crippen LogP contribution is -1.88. The minimum absolute atomic E-state index is 0.683. The van der Waals surface area contributed by atoms with Gasteiger partial charge in [0.2, 0.25) is 0 Å². The number of fused-ring (bicyclic) bond motifs is 1. The normalized spacial score (nSPS) is 9.33. The molecule has 3 heteroatoms. The van der Waals surface area contributed by atoms with Crippen molar-refractivity contribution in [3.63, 3.8) is 0 Å². The van der Waals surface area contributed by atoms with Gasteiger partial charge in [-0.3, -0.25) is 4.98 Å². The second kappa shape index (κ2) is 3.81. The van der Waals surface area contributed by atoms with Crippen molar-refractivity contribution in [3.8, 4) is 11.8 Å². The molecule has 0 bridgehead atoms. The Morgan fingerprint density at radius 1 is 1.33 bits per heavy atom. The van der Waals surface area contributed by atoms with Gasteiger partial charge >= 0.3 is 5.97 Å². The molecule has 0 aliphatic heterocycles. The van der Waals surface area contributed by atoms with Gasteiger partial charge in [0.1, 0.15) is 0 Å². The Hall–Kier alpha value is -2.34. The Labute approximate surface area is 86.4 Å². The third kappa shape index (κ3) is 1.94. The molecule has 0 saturated carbocycles. The van der Waals surface area contributed by atoms with Crippen molar-refractivity contribution in [2.75, 3.05) is 0 Å². The summed E-state index contributed by atoms with van der Waals surface area (Å²) in [7, 11) is 0. The summed E-state index contributed by atoms with van der Waals surface area (Å²) in [5.74, 6) is 3.56. The van der Waals surface area contributed by atoms with Crippen molar-refractivity contribution in [1.82, 2.24) is 4.98 Å². The molecular weight excluding hydrogens is 190 g/mol. The Morgan fingerprint density at radius 3 is 3.00 bits per heavy atom.